The predicted octanol–water partition coefficient (Wildman–Crippen LogP) is 1.57. The van der Waals surface area contributed by atoms with Gasteiger partial charge in [-0.25, -0.2) is 0 Å². The highest BCUT2D eigenvalue weighted by molar-refractivity contribution is 7.80. The van der Waals surface area contributed by atoms with E-state index in [1.165, 1.54) is 4.90 Å². The highest BCUT2D eigenvalue weighted by atomic mass is 32.1. The number of hydrogen-bond donors (Lipinski definition) is 1. The minimum absolute atomic E-state index is 0.0630. The molecule has 0 saturated carbocycles. The van der Waals surface area contributed by atoms with E-state index in [2.05, 4.69) is 11.9 Å². The van der Waals surface area contributed by atoms with E-state index in [4.69, 9.17) is 12.2 Å². The maximum atomic E-state index is 12.4. The fraction of sp³-hybridized carbons (Fsp3) is 0.188. The smallest absolute Gasteiger partial charge is 0.265 e. The van der Waals surface area contributed by atoms with Gasteiger partial charge in [-0.3, -0.25) is 19.8 Å². The molecule has 6 heteroatoms. The molecule has 2 rings (SSSR count). The first-order valence-electron chi connectivity index (χ1n) is 6.71. The molecule has 0 unspecified atom stereocenters. The second-order valence-electron chi connectivity index (χ2n) is 5.01. The Morgan fingerprint density at radius 2 is 1.91 bits per heavy atom. The third-order valence-electron chi connectivity index (χ3n) is 3.22. The average Bonchev–Trinajstić information content (AvgIpc) is 2.48. The molecule has 1 N–H and O–H groups in total. The molecular formula is C16H17N3O2S. The van der Waals surface area contributed by atoms with E-state index in [1.807, 2.05) is 43.3 Å². The van der Waals surface area contributed by atoms with Crippen molar-refractivity contribution in [3.63, 3.8) is 0 Å². The fourth-order valence-electron chi connectivity index (χ4n) is 2.02. The summed E-state index contributed by atoms with van der Waals surface area (Å²) in [5, 5.41) is 2.62. The molecule has 1 aliphatic heterocycles. The highest BCUT2D eigenvalue weighted by Gasteiger charge is 2.32. The van der Waals surface area contributed by atoms with Crippen LogP contribution in [0.15, 0.2) is 42.5 Å². The first-order valence-corrected chi connectivity index (χ1v) is 7.12. The molecule has 114 valence electrons. The Morgan fingerprint density at radius 1 is 1.27 bits per heavy atom. The van der Waals surface area contributed by atoms with Crippen molar-refractivity contribution >= 4 is 40.9 Å². The number of thiocarbonyl (C=S) groups is 1. The van der Waals surface area contributed by atoms with Gasteiger partial charge in [0.2, 0.25) is 0 Å². The molecule has 1 heterocycles. The topological polar surface area (TPSA) is 52.7 Å². The SMILES string of the molecule is C=CCN1C(=O)C(=Cc2ccc(N(C)C)cc2)C(=O)NC1=S. The summed E-state index contributed by atoms with van der Waals surface area (Å²) < 4.78 is 0. The minimum atomic E-state index is -0.480. The average molecular weight is 315 g/mol. The van der Waals surface area contributed by atoms with Crippen molar-refractivity contribution in [3.8, 4) is 0 Å². The number of rotatable bonds is 4. The second-order valence-corrected chi connectivity index (χ2v) is 5.39. The fourth-order valence-corrected chi connectivity index (χ4v) is 2.27. The molecule has 1 aromatic carbocycles. The Hall–Kier alpha value is -2.47. The van der Waals surface area contributed by atoms with E-state index in [0.717, 1.165) is 11.3 Å². The lowest BCUT2D eigenvalue weighted by atomic mass is 10.1. The minimum Gasteiger partial charge on any atom is -0.378 e. The molecule has 5 nitrogen and oxygen atoms in total. The van der Waals surface area contributed by atoms with Crippen molar-refractivity contribution in [3.05, 3.63) is 48.1 Å². The van der Waals surface area contributed by atoms with Gasteiger partial charge in [0.1, 0.15) is 5.57 Å². The van der Waals surface area contributed by atoms with Crippen molar-refractivity contribution in [2.45, 2.75) is 0 Å². The molecule has 0 bridgehead atoms. The van der Waals surface area contributed by atoms with Crippen LogP contribution in [0.5, 0.6) is 0 Å². The standard InChI is InChI=1S/C16H17N3O2S/c1-4-9-19-15(21)13(14(20)17-16(19)22)10-11-5-7-12(8-6-11)18(2)3/h4-8,10H,1,9H2,2-3H3,(H,17,20,22). The lowest BCUT2D eigenvalue weighted by Crippen LogP contribution is -2.53. The molecule has 1 aromatic rings. The molecule has 2 amide bonds. The number of carbonyl (C=O) groups excluding carboxylic acids is 2. The van der Waals surface area contributed by atoms with E-state index in [1.54, 1.807) is 12.2 Å². The maximum Gasteiger partial charge on any atom is 0.265 e. The van der Waals surface area contributed by atoms with Crippen molar-refractivity contribution in [1.82, 2.24) is 10.2 Å². The van der Waals surface area contributed by atoms with Crippen molar-refractivity contribution in [2.75, 3.05) is 25.5 Å². The van der Waals surface area contributed by atoms with Crippen LogP contribution in [0.3, 0.4) is 0 Å². The van der Waals surface area contributed by atoms with Gasteiger partial charge in [0, 0.05) is 26.3 Å². The Morgan fingerprint density at radius 3 is 2.45 bits per heavy atom. The van der Waals surface area contributed by atoms with Crippen molar-refractivity contribution in [2.24, 2.45) is 0 Å². The lowest BCUT2D eigenvalue weighted by Gasteiger charge is -2.27. The van der Waals surface area contributed by atoms with Crippen molar-refractivity contribution in [1.29, 1.82) is 0 Å². The lowest BCUT2D eigenvalue weighted by molar-refractivity contribution is -0.128. The number of hydrogen-bond acceptors (Lipinski definition) is 4. The van der Waals surface area contributed by atoms with E-state index >= 15 is 0 Å². The monoisotopic (exact) mass is 315 g/mol. The van der Waals surface area contributed by atoms with Gasteiger partial charge in [-0.1, -0.05) is 18.2 Å². The first kappa shape index (κ1) is 15.9. The maximum absolute atomic E-state index is 12.4. The van der Waals surface area contributed by atoms with Crippen LogP contribution >= 0.6 is 12.2 Å². The second kappa shape index (κ2) is 6.53. The molecule has 1 saturated heterocycles. The van der Waals surface area contributed by atoms with Gasteiger partial charge in [0.25, 0.3) is 11.8 Å². The van der Waals surface area contributed by atoms with Crippen LogP contribution in [0.2, 0.25) is 0 Å². The van der Waals surface area contributed by atoms with Crippen LogP contribution in [-0.4, -0.2) is 42.5 Å². The molecule has 1 aliphatic rings. The summed E-state index contributed by atoms with van der Waals surface area (Å²) in [4.78, 5) is 27.6. The first-order chi connectivity index (χ1) is 10.4. The van der Waals surface area contributed by atoms with Gasteiger partial charge < -0.3 is 4.90 Å². The summed E-state index contributed by atoms with van der Waals surface area (Å²) >= 11 is 5.00. The zero-order valence-corrected chi connectivity index (χ0v) is 13.3. The quantitative estimate of drug-likeness (QED) is 0.397. The Balaban J connectivity index is 2.32. The molecule has 0 atom stereocenters. The zero-order valence-electron chi connectivity index (χ0n) is 12.5. The van der Waals surface area contributed by atoms with Gasteiger partial charge in [-0.15, -0.1) is 6.58 Å². The van der Waals surface area contributed by atoms with Crippen LogP contribution < -0.4 is 10.2 Å². The third kappa shape index (κ3) is 3.23. The number of carbonyl (C=O) groups is 2. The van der Waals surface area contributed by atoms with E-state index in [9.17, 15) is 9.59 Å². The van der Waals surface area contributed by atoms with Gasteiger partial charge in [0.05, 0.1) is 0 Å². The van der Waals surface area contributed by atoms with Crippen LogP contribution in [0.1, 0.15) is 5.56 Å². The number of amides is 2. The number of nitrogens with zero attached hydrogens (tertiary/aromatic N) is 2. The van der Waals surface area contributed by atoms with Gasteiger partial charge in [0.15, 0.2) is 5.11 Å². The predicted molar refractivity (Wildman–Crippen MR) is 91.4 cm³/mol. The molecule has 0 spiro atoms. The summed E-state index contributed by atoms with van der Waals surface area (Å²) in [6.45, 7) is 3.85. The number of anilines is 1. The molecule has 22 heavy (non-hydrogen) atoms. The molecule has 0 aromatic heterocycles. The Bertz CT molecular complexity index is 662. The normalized spacial score (nSPS) is 16.7. The zero-order chi connectivity index (χ0) is 16.3. The number of nitrogens with one attached hydrogen (secondary N) is 1. The van der Waals surface area contributed by atoms with E-state index in [-0.39, 0.29) is 17.2 Å². The third-order valence-corrected chi connectivity index (χ3v) is 3.54. The summed E-state index contributed by atoms with van der Waals surface area (Å²) in [5.74, 6) is -0.891. The van der Waals surface area contributed by atoms with Gasteiger partial charge >= 0.3 is 0 Å². The van der Waals surface area contributed by atoms with Gasteiger partial charge in [-0.2, -0.15) is 0 Å². The molecule has 0 radical (unpaired) electrons. The Kier molecular flexibility index (Phi) is 4.72. The van der Waals surface area contributed by atoms with E-state index < -0.39 is 11.8 Å². The van der Waals surface area contributed by atoms with E-state index in [0.29, 0.717) is 0 Å². The molecular weight excluding hydrogens is 298 g/mol. The summed E-state index contributed by atoms with van der Waals surface area (Å²) in [6, 6.07) is 7.55. The van der Waals surface area contributed by atoms with Crippen LogP contribution in [0, 0.1) is 0 Å². The summed E-state index contributed by atoms with van der Waals surface area (Å²) in [6.07, 6.45) is 3.13. The molecule has 0 aliphatic carbocycles. The largest absolute Gasteiger partial charge is 0.378 e. The Labute approximate surface area is 134 Å². The van der Waals surface area contributed by atoms with Gasteiger partial charge in [-0.05, 0) is 36.0 Å². The van der Waals surface area contributed by atoms with Crippen LogP contribution in [0.25, 0.3) is 6.08 Å². The van der Waals surface area contributed by atoms with Crippen LogP contribution in [-0.2, 0) is 9.59 Å². The summed E-state index contributed by atoms with van der Waals surface area (Å²) in [7, 11) is 3.89. The highest BCUT2D eigenvalue weighted by Crippen LogP contribution is 2.17. The van der Waals surface area contributed by atoms with Crippen LogP contribution in [0.4, 0.5) is 5.69 Å². The number of benzene rings is 1. The van der Waals surface area contributed by atoms with Crippen molar-refractivity contribution < 1.29 is 9.59 Å². The summed E-state index contributed by atoms with van der Waals surface area (Å²) in [5.41, 5.74) is 1.87. The molecule has 1 fully saturated rings.